The molecule has 4 atom stereocenters. The van der Waals surface area contributed by atoms with Gasteiger partial charge in [-0.2, -0.15) is 36.5 Å². The Bertz CT molecular complexity index is 3380. The minimum atomic E-state index is -4.73. The molecule has 16 nitrogen and oxygen atoms in total. The molecule has 2 N–H and O–H groups in total. The van der Waals surface area contributed by atoms with Crippen molar-refractivity contribution < 1.29 is 55.6 Å². The number of nitrogens with zero attached hydrogens (tertiary/aromatic N) is 10. The Balaban J connectivity index is 0.000000198. The Labute approximate surface area is 485 Å². The number of halogens is 8. The van der Waals surface area contributed by atoms with Crippen LogP contribution in [0.2, 0.25) is 0 Å². The zero-order chi connectivity index (χ0) is 58.9. The number of aliphatic hydroxyl groups is 2. The summed E-state index contributed by atoms with van der Waals surface area (Å²) in [6, 6.07) is 27.3. The third-order valence-corrected chi connectivity index (χ3v) is 16.5. The molecule has 8 aromatic rings. The Kier molecular flexibility index (Phi) is 17.8. The molecule has 4 aromatic carbocycles. The molecule has 0 unspecified atom stereocenters. The van der Waals surface area contributed by atoms with Crippen LogP contribution in [0.1, 0.15) is 80.3 Å². The van der Waals surface area contributed by atoms with Crippen molar-refractivity contribution in [3.8, 4) is 34.0 Å². The molecule has 82 heavy (non-hydrogen) atoms. The summed E-state index contributed by atoms with van der Waals surface area (Å²) >= 11 is 7.11. The van der Waals surface area contributed by atoms with E-state index in [1.807, 2.05) is 62.4 Å². The van der Waals surface area contributed by atoms with Gasteiger partial charge in [-0.15, -0.1) is 0 Å². The summed E-state index contributed by atoms with van der Waals surface area (Å²) in [7, 11) is 3.00. The fourth-order valence-electron chi connectivity index (χ4n) is 10.9. The Hall–Kier alpha value is -6.96. The van der Waals surface area contributed by atoms with Gasteiger partial charge in [0.1, 0.15) is 22.6 Å². The number of methoxy groups -OCH3 is 2. The molecule has 0 bridgehead atoms. The van der Waals surface area contributed by atoms with E-state index in [1.54, 1.807) is 58.3 Å². The smallest absolute Gasteiger partial charge is 0.433 e. The van der Waals surface area contributed by atoms with Crippen molar-refractivity contribution in [2.75, 3.05) is 66.7 Å². The zero-order valence-corrected chi connectivity index (χ0v) is 48.6. The Morgan fingerprint density at radius 2 is 0.939 bits per heavy atom. The predicted octanol–water partition coefficient (Wildman–Crippen LogP) is 10.7. The molecule has 0 aliphatic carbocycles. The number of alkyl halides is 6. The number of hydrogen-bond acceptors (Lipinski definition) is 12. The fraction of sp³-hybridized carbons (Fsp3) is 0.345. The number of carbonyl (C=O) groups is 2. The van der Waals surface area contributed by atoms with E-state index >= 15 is 0 Å². The maximum Gasteiger partial charge on any atom is 0.433 e. The highest BCUT2D eigenvalue weighted by atomic mass is 79.9. The molecule has 4 aromatic heterocycles. The Morgan fingerprint density at radius 3 is 1.24 bits per heavy atom. The first-order valence-corrected chi connectivity index (χ1v) is 27.7. The van der Waals surface area contributed by atoms with Crippen molar-refractivity contribution in [1.82, 2.24) is 48.8 Å². The van der Waals surface area contributed by atoms with Crippen LogP contribution >= 0.6 is 31.9 Å². The van der Waals surface area contributed by atoms with Gasteiger partial charge in [0, 0.05) is 82.6 Å². The summed E-state index contributed by atoms with van der Waals surface area (Å²) < 4.78 is 99.4. The lowest BCUT2D eigenvalue weighted by atomic mass is 10.0. The van der Waals surface area contributed by atoms with Crippen LogP contribution < -0.4 is 9.47 Å². The SMILES string of the molecule is COc1ccc(-c2nc3c(C(=O)N4CCN([C@@H](CO)c5ccccc5Br)C[C@H]4C)cnn3c(C(F)(F)F)c2C)cc1.COc1ccc(-c2nc3c(C(=O)N4CCN([C@H](CO)c5ccccc5Br)C[C@H]4C)cnn3c(C(F)(F)F)c2C)cc1. The summed E-state index contributed by atoms with van der Waals surface area (Å²) in [6.07, 6.45) is -7.15. The van der Waals surface area contributed by atoms with Crippen LogP contribution in [0.25, 0.3) is 33.8 Å². The molecule has 24 heteroatoms. The van der Waals surface area contributed by atoms with Gasteiger partial charge in [0.25, 0.3) is 11.8 Å². The topological polar surface area (TPSA) is 166 Å². The van der Waals surface area contributed by atoms with E-state index < -0.39 is 35.6 Å². The average Bonchev–Trinajstić information content (AvgIpc) is 3.93. The third-order valence-electron chi connectivity index (χ3n) is 15.1. The quantitative estimate of drug-likeness (QED) is 0.111. The average molecular weight is 1260 g/mol. The van der Waals surface area contributed by atoms with E-state index in [4.69, 9.17) is 9.47 Å². The maximum absolute atomic E-state index is 14.3. The summed E-state index contributed by atoms with van der Waals surface area (Å²) in [5.41, 5.74) is 0.537. The summed E-state index contributed by atoms with van der Waals surface area (Å²) in [5, 5.41) is 28.3. The first-order chi connectivity index (χ1) is 39.1. The number of carbonyl (C=O) groups excluding carboxylic acids is 2. The van der Waals surface area contributed by atoms with Gasteiger partial charge in [0.15, 0.2) is 22.7 Å². The number of amides is 2. The van der Waals surface area contributed by atoms with Crippen molar-refractivity contribution >= 4 is 55.0 Å². The maximum atomic E-state index is 14.3. The number of aliphatic hydroxyl groups excluding tert-OH is 2. The number of aromatic nitrogens is 6. The largest absolute Gasteiger partial charge is 0.497 e. The number of rotatable bonds is 12. The molecule has 6 heterocycles. The van der Waals surface area contributed by atoms with E-state index in [9.17, 15) is 46.1 Å². The number of benzene rings is 4. The third kappa shape index (κ3) is 11.8. The summed E-state index contributed by atoms with van der Waals surface area (Å²) in [6.45, 7) is 8.77. The van der Waals surface area contributed by atoms with Crippen LogP contribution in [0.3, 0.4) is 0 Å². The van der Waals surface area contributed by atoms with Crippen molar-refractivity contribution in [3.05, 3.63) is 163 Å². The van der Waals surface area contributed by atoms with Crippen LogP contribution in [0.5, 0.6) is 11.5 Å². The molecule has 10 rings (SSSR count). The normalized spacial score (nSPS) is 17.2. The molecular formula is C58H58Br2F6N10O6. The second kappa shape index (κ2) is 24.5. The summed E-state index contributed by atoms with van der Waals surface area (Å²) in [5.74, 6) is 0.220. The minimum absolute atomic E-state index is 0.00456. The van der Waals surface area contributed by atoms with Gasteiger partial charge in [-0.3, -0.25) is 19.4 Å². The lowest BCUT2D eigenvalue weighted by Crippen LogP contribution is -2.55. The molecular weight excluding hydrogens is 1210 g/mol. The van der Waals surface area contributed by atoms with Gasteiger partial charge < -0.3 is 29.5 Å². The molecule has 2 amide bonds. The van der Waals surface area contributed by atoms with E-state index in [2.05, 4.69) is 61.8 Å². The minimum Gasteiger partial charge on any atom is -0.497 e. The van der Waals surface area contributed by atoms with E-state index in [0.29, 0.717) is 70.9 Å². The van der Waals surface area contributed by atoms with Crippen LogP contribution in [0.4, 0.5) is 26.3 Å². The van der Waals surface area contributed by atoms with Crippen molar-refractivity contribution in [2.24, 2.45) is 0 Å². The van der Waals surface area contributed by atoms with Crippen LogP contribution in [-0.4, -0.2) is 150 Å². The molecule has 2 fully saturated rings. The highest BCUT2D eigenvalue weighted by Gasteiger charge is 2.42. The van der Waals surface area contributed by atoms with Gasteiger partial charge in [0.05, 0.1) is 63.3 Å². The van der Waals surface area contributed by atoms with Crippen LogP contribution in [-0.2, 0) is 12.4 Å². The predicted molar refractivity (Wildman–Crippen MR) is 302 cm³/mol. The van der Waals surface area contributed by atoms with Gasteiger partial charge >= 0.3 is 12.4 Å². The number of piperazine rings is 2. The first-order valence-electron chi connectivity index (χ1n) is 26.1. The van der Waals surface area contributed by atoms with E-state index in [1.165, 1.54) is 28.1 Å². The van der Waals surface area contributed by atoms with Crippen molar-refractivity contribution in [3.63, 3.8) is 0 Å². The van der Waals surface area contributed by atoms with Gasteiger partial charge in [0.2, 0.25) is 0 Å². The van der Waals surface area contributed by atoms with E-state index in [0.717, 1.165) is 32.5 Å². The summed E-state index contributed by atoms with van der Waals surface area (Å²) in [4.78, 5) is 44.1. The molecule has 432 valence electrons. The lowest BCUT2D eigenvalue weighted by Gasteiger charge is -2.43. The number of ether oxygens (including phenoxy) is 2. The highest BCUT2D eigenvalue weighted by molar-refractivity contribution is 9.10. The Morgan fingerprint density at radius 1 is 0.585 bits per heavy atom. The van der Waals surface area contributed by atoms with Crippen LogP contribution in [0.15, 0.2) is 118 Å². The van der Waals surface area contributed by atoms with Gasteiger partial charge in [-0.1, -0.05) is 68.3 Å². The lowest BCUT2D eigenvalue weighted by molar-refractivity contribution is -0.144. The second-order valence-electron chi connectivity index (χ2n) is 20.0. The van der Waals surface area contributed by atoms with Crippen molar-refractivity contribution in [2.45, 2.75) is 64.2 Å². The van der Waals surface area contributed by atoms with Crippen molar-refractivity contribution in [1.29, 1.82) is 0 Å². The van der Waals surface area contributed by atoms with Gasteiger partial charge in [-0.25, -0.2) is 19.0 Å². The van der Waals surface area contributed by atoms with Gasteiger partial charge in [-0.05, 0) is 99.5 Å². The van der Waals surface area contributed by atoms with Crippen LogP contribution in [0, 0.1) is 13.8 Å². The molecule has 2 aliphatic rings. The fourth-order valence-corrected chi connectivity index (χ4v) is 12.0. The second-order valence-corrected chi connectivity index (χ2v) is 21.7. The monoisotopic (exact) mass is 1260 g/mol. The highest BCUT2D eigenvalue weighted by Crippen LogP contribution is 2.40. The molecule has 2 aliphatic heterocycles. The zero-order valence-electron chi connectivity index (χ0n) is 45.4. The van der Waals surface area contributed by atoms with E-state index in [-0.39, 0.29) is 82.3 Å². The number of hydrogen-bond donors (Lipinski definition) is 2. The molecule has 0 radical (unpaired) electrons. The standard InChI is InChI=1S/2C29H29BrF3N5O3/c2*1-17-15-36(24(16-39)21-6-4-5-7-23(21)30)12-13-37(17)28(40)22-14-34-38-26(29(31,32)33)18(2)25(35-27(22)38)19-8-10-20(41-3)11-9-19/h2*4-11,14,17,24,39H,12-13,15-16H2,1-3H3/t17-,24+;17-,24-/m11/s1. The first kappa shape index (κ1) is 59.7. The molecule has 0 saturated carbocycles. The molecule has 2 saturated heterocycles. The number of fused-ring (bicyclic) bond motifs is 2. The molecule has 0 spiro atoms.